The molecule has 3 aromatic rings. The van der Waals surface area contributed by atoms with E-state index in [1.807, 2.05) is 61.7 Å². The maximum atomic E-state index is 12.9. The molecule has 0 unspecified atom stereocenters. The Morgan fingerprint density at radius 1 is 1.09 bits per heavy atom. The molecule has 0 amide bonds. The number of aromatic nitrogens is 1. The Bertz CT molecular complexity index is 803. The summed E-state index contributed by atoms with van der Waals surface area (Å²) in [5.41, 5.74) is 10.4. The molecule has 0 fully saturated rings. The second-order valence-electron chi connectivity index (χ2n) is 5.49. The van der Waals surface area contributed by atoms with Crippen LogP contribution in [0.1, 0.15) is 33.6 Å². The minimum Gasteiger partial charge on any atom is -0.330 e. The molecule has 3 heteroatoms. The number of benzene rings is 1. The smallest absolute Gasteiger partial charge is 0.195 e. The van der Waals surface area contributed by atoms with Gasteiger partial charge in [0.25, 0.3) is 0 Å². The van der Waals surface area contributed by atoms with Crippen LogP contribution in [0.5, 0.6) is 0 Å². The van der Waals surface area contributed by atoms with Gasteiger partial charge in [-0.05, 0) is 44.0 Å². The monoisotopic (exact) mass is 292 g/mol. The van der Waals surface area contributed by atoms with E-state index >= 15 is 0 Å². The summed E-state index contributed by atoms with van der Waals surface area (Å²) in [4.78, 5) is 12.9. The van der Waals surface area contributed by atoms with Gasteiger partial charge >= 0.3 is 0 Å². The van der Waals surface area contributed by atoms with E-state index in [1.165, 1.54) is 5.69 Å². The number of nitrogens with two attached hydrogens (primary N) is 1. The van der Waals surface area contributed by atoms with Gasteiger partial charge in [-0.1, -0.05) is 36.4 Å². The molecular formula is C19H20N2O. The summed E-state index contributed by atoms with van der Waals surface area (Å²) >= 11 is 0. The van der Waals surface area contributed by atoms with Crippen molar-refractivity contribution in [3.63, 3.8) is 0 Å². The lowest BCUT2D eigenvalue weighted by Crippen LogP contribution is -2.04. The van der Waals surface area contributed by atoms with Crippen molar-refractivity contribution < 1.29 is 4.79 Å². The van der Waals surface area contributed by atoms with E-state index in [4.69, 9.17) is 5.73 Å². The summed E-state index contributed by atoms with van der Waals surface area (Å²) in [6.45, 7) is 2.69. The second kappa shape index (κ2) is 6.16. The zero-order chi connectivity index (χ0) is 15.5. The van der Waals surface area contributed by atoms with E-state index in [0.29, 0.717) is 6.54 Å². The van der Waals surface area contributed by atoms with Crippen molar-refractivity contribution in [1.82, 2.24) is 4.40 Å². The van der Waals surface area contributed by atoms with Crippen LogP contribution in [0.4, 0.5) is 0 Å². The highest BCUT2D eigenvalue weighted by molar-refractivity contribution is 6.14. The van der Waals surface area contributed by atoms with Gasteiger partial charge in [0.15, 0.2) is 5.78 Å². The first-order valence-electron chi connectivity index (χ1n) is 7.62. The maximum Gasteiger partial charge on any atom is 0.195 e. The van der Waals surface area contributed by atoms with Crippen LogP contribution in [0.2, 0.25) is 0 Å². The highest BCUT2D eigenvalue weighted by atomic mass is 16.1. The van der Waals surface area contributed by atoms with Crippen LogP contribution in [0, 0.1) is 6.92 Å². The number of hydrogen-bond donors (Lipinski definition) is 1. The Morgan fingerprint density at radius 2 is 1.82 bits per heavy atom. The third-order valence-electron chi connectivity index (χ3n) is 4.10. The molecule has 0 aliphatic heterocycles. The van der Waals surface area contributed by atoms with Crippen molar-refractivity contribution in [3.8, 4) is 0 Å². The van der Waals surface area contributed by atoms with Gasteiger partial charge in [0.05, 0.1) is 11.1 Å². The predicted octanol–water partition coefficient (Wildman–Crippen LogP) is 3.37. The molecule has 0 aliphatic carbocycles. The van der Waals surface area contributed by atoms with Crippen LogP contribution < -0.4 is 5.73 Å². The highest BCUT2D eigenvalue weighted by Gasteiger charge is 2.20. The quantitative estimate of drug-likeness (QED) is 0.733. The van der Waals surface area contributed by atoms with Gasteiger partial charge in [-0.2, -0.15) is 0 Å². The molecule has 0 saturated heterocycles. The molecule has 112 valence electrons. The van der Waals surface area contributed by atoms with E-state index < -0.39 is 0 Å². The molecule has 0 saturated carbocycles. The van der Waals surface area contributed by atoms with Crippen LogP contribution >= 0.6 is 0 Å². The third kappa shape index (κ3) is 2.44. The number of pyridine rings is 1. The molecule has 3 rings (SSSR count). The van der Waals surface area contributed by atoms with E-state index in [0.717, 1.165) is 35.0 Å². The largest absolute Gasteiger partial charge is 0.330 e. The molecule has 2 N–H and O–H groups in total. The lowest BCUT2D eigenvalue weighted by molar-refractivity contribution is 0.104. The summed E-state index contributed by atoms with van der Waals surface area (Å²) < 4.78 is 2.13. The average molecular weight is 292 g/mol. The first-order valence-corrected chi connectivity index (χ1v) is 7.62. The fraction of sp³-hybridized carbons (Fsp3) is 0.211. The van der Waals surface area contributed by atoms with E-state index in [-0.39, 0.29) is 5.78 Å². The predicted molar refractivity (Wildman–Crippen MR) is 89.4 cm³/mol. The molecule has 3 nitrogen and oxygen atoms in total. The summed E-state index contributed by atoms with van der Waals surface area (Å²) in [6, 6.07) is 15.4. The van der Waals surface area contributed by atoms with E-state index in [9.17, 15) is 4.79 Å². The first kappa shape index (κ1) is 14.5. The molecule has 2 aromatic heterocycles. The molecule has 0 radical (unpaired) electrons. The van der Waals surface area contributed by atoms with Crippen molar-refractivity contribution >= 4 is 11.3 Å². The average Bonchev–Trinajstić information content (AvgIpc) is 2.85. The van der Waals surface area contributed by atoms with E-state index in [1.54, 1.807) is 0 Å². The molecule has 0 atom stereocenters. The minimum atomic E-state index is 0.0841. The summed E-state index contributed by atoms with van der Waals surface area (Å²) in [7, 11) is 0. The summed E-state index contributed by atoms with van der Waals surface area (Å²) in [5, 5.41) is 0. The lowest BCUT2D eigenvalue weighted by Gasteiger charge is -2.03. The zero-order valence-corrected chi connectivity index (χ0v) is 12.8. The maximum absolute atomic E-state index is 12.9. The summed E-state index contributed by atoms with van der Waals surface area (Å²) in [6.07, 6.45) is 3.83. The first-order chi connectivity index (χ1) is 10.7. The molecule has 22 heavy (non-hydrogen) atoms. The van der Waals surface area contributed by atoms with Gasteiger partial charge in [-0.15, -0.1) is 0 Å². The number of carbonyl (C=O) groups excluding carboxylic acids is 1. The molecule has 0 spiro atoms. The van der Waals surface area contributed by atoms with Gasteiger partial charge in [0.1, 0.15) is 0 Å². The number of fused-ring (bicyclic) bond motifs is 1. The Hall–Kier alpha value is -2.39. The Morgan fingerprint density at radius 3 is 2.55 bits per heavy atom. The molecule has 2 heterocycles. The standard InChI is InChI=1S/C19H20N2O/c1-14-16(11-7-12-20)21-13-6-5-10-17(21)18(14)19(22)15-8-3-2-4-9-15/h2-6,8-10,13H,7,11-12,20H2,1H3. The van der Waals surface area contributed by atoms with E-state index in [2.05, 4.69) is 4.40 Å². The van der Waals surface area contributed by atoms with Crippen LogP contribution in [0.3, 0.4) is 0 Å². The topological polar surface area (TPSA) is 47.5 Å². The lowest BCUT2D eigenvalue weighted by atomic mass is 9.99. The molecule has 0 aliphatic rings. The van der Waals surface area contributed by atoms with Crippen molar-refractivity contribution in [1.29, 1.82) is 0 Å². The van der Waals surface area contributed by atoms with Crippen LogP contribution in [-0.2, 0) is 6.42 Å². The Kier molecular flexibility index (Phi) is 4.07. The SMILES string of the molecule is Cc1c(C(=O)c2ccccc2)c2ccccn2c1CCCN. The van der Waals surface area contributed by atoms with Crippen molar-refractivity contribution in [2.24, 2.45) is 5.73 Å². The highest BCUT2D eigenvalue weighted by Crippen LogP contribution is 2.26. The third-order valence-corrected chi connectivity index (χ3v) is 4.10. The minimum absolute atomic E-state index is 0.0841. The van der Waals surface area contributed by atoms with Gasteiger partial charge < -0.3 is 10.1 Å². The number of nitrogens with zero attached hydrogens (tertiary/aromatic N) is 1. The van der Waals surface area contributed by atoms with Gasteiger partial charge in [-0.3, -0.25) is 4.79 Å². The van der Waals surface area contributed by atoms with Crippen LogP contribution in [0.15, 0.2) is 54.7 Å². The number of rotatable bonds is 5. The zero-order valence-electron chi connectivity index (χ0n) is 12.8. The Balaban J connectivity index is 2.17. The van der Waals surface area contributed by atoms with Gasteiger partial charge in [-0.25, -0.2) is 0 Å². The Labute approximate surface area is 130 Å². The van der Waals surface area contributed by atoms with Gasteiger partial charge in [0.2, 0.25) is 0 Å². The van der Waals surface area contributed by atoms with Crippen LogP contribution in [-0.4, -0.2) is 16.7 Å². The van der Waals surface area contributed by atoms with Crippen LogP contribution in [0.25, 0.3) is 5.52 Å². The number of carbonyl (C=O) groups is 1. The van der Waals surface area contributed by atoms with Crippen molar-refractivity contribution in [2.45, 2.75) is 19.8 Å². The number of hydrogen-bond acceptors (Lipinski definition) is 2. The number of ketones is 1. The number of aryl methyl sites for hydroxylation is 1. The van der Waals surface area contributed by atoms with Gasteiger partial charge in [0, 0.05) is 17.5 Å². The summed E-state index contributed by atoms with van der Waals surface area (Å²) in [5.74, 6) is 0.0841. The van der Waals surface area contributed by atoms with Crippen molar-refractivity contribution in [2.75, 3.05) is 6.54 Å². The molecule has 0 bridgehead atoms. The normalized spacial score (nSPS) is 11.0. The fourth-order valence-corrected chi connectivity index (χ4v) is 3.00. The fourth-order valence-electron chi connectivity index (χ4n) is 3.00. The second-order valence-corrected chi connectivity index (χ2v) is 5.49. The molecule has 1 aromatic carbocycles. The molecular weight excluding hydrogens is 272 g/mol. The van der Waals surface area contributed by atoms with Crippen molar-refractivity contribution in [3.05, 3.63) is 77.1 Å².